The van der Waals surface area contributed by atoms with Crippen LogP contribution in [0.1, 0.15) is 21.1 Å². The normalized spacial score (nSPS) is 10.6. The van der Waals surface area contributed by atoms with E-state index < -0.39 is 5.91 Å². The van der Waals surface area contributed by atoms with Crippen molar-refractivity contribution >= 4 is 23.0 Å². The fourth-order valence-corrected chi connectivity index (χ4v) is 2.81. The Bertz CT molecular complexity index is 1030. The highest BCUT2D eigenvalue weighted by atomic mass is 16.5. The van der Waals surface area contributed by atoms with Gasteiger partial charge in [0.25, 0.3) is 11.8 Å². The largest absolute Gasteiger partial charge is 0.497 e. The molecule has 2 amide bonds. The number of anilines is 1. The number of benzene rings is 1. The van der Waals surface area contributed by atoms with E-state index in [1.54, 1.807) is 54.1 Å². The SMILES string of the molecule is COCCNC(=O)c1nc(C(=O)Nc2cc(OC)ccc2OC)n2ccccc12. The molecule has 0 unspecified atom stereocenters. The number of carbonyl (C=O) groups is 2. The molecule has 0 radical (unpaired) electrons. The van der Waals surface area contributed by atoms with Crippen molar-refractivity contribution in [3.63, 3.8) is 0 Å². The summed E-state index contributed by atoms with van der Waals surface area (Å²) >= 11 is 0. The van der Waals surface area contributed by atoms with E-state index in [0.717, 1.165) is 0 Å². The fourth-order valence-electron chi connectivity index (χ4n) is 2.81. The summed E-state index contributed by atoms with van der Waals surface area (Å²) in [6.07, 6.45) is 1.67. The molecule has 2 heterocycles. The maximum atomic E-state index is 12.9. The van der Waals surface area contributed by atoms with Crippen LogP contribution in [0.25, 0.3) is 5.52 Å². The zero-order chi connectivity index (χ0) is 20.8. The van der Waals surface area contributed by atoms with Crippen molar-refractivity contribution < 1.29 is 23.8 Å². The van der Waals surface area contributed by atoms with E-state index in [1.165, 1.54) is 14.2 Å². The Morgan fingerprint density at radius 3 is 2.62 bits per heavy atom. The van der Waals surface area contributed by atoms with E-state index in [4.69, 9.17) is 14.2 Å². The minimum absolute atomic E-state index is 0.0716. The second-order valence-corrected chi connectivity index (χ2v) is 6.01. The number of nitrogens with one attached hydrogen (secondary N) is 2. The van der Waals surface area contributed by atoms with Gasteiger partial charge in [0, 0.05) is 25.9 Å². The van der Waals surface area contributed by atoms with Gasteiger partial charge in [0.15, 0.2) is 5.69 Å². The van der Waals surface area contributed by atoms with Crippen LogP contribution < -0.4 is 20.1 Å². The number of aromatic nitrogens is 2. The van der Waals surface area contributed by atoms with E-state index in [0.29, 0.717) is 35.9 Å². The van der Waals surface area contributed by atoms with Crippen LogP contribution in [0.15, 0.2) is 42.6 Å². The first kappa shape index (κ1) is 20.2. The first-order chi connectivity index (χ1) is 14.1. The number of rotatable bonds is 8. The minimum atomic E-state index is -0.492. The van der Waals surface area contributed by atoms with Crippen LogP contribution in [0.5, 0.6) is 11.5 Å². The maximum Gasteiger partial charge on any atom is 0.292 e. The summed E-state index contributed by atoms with van der Waals surface area (Å²) in [7, 11) is 4.59. The monoisotopic (exact) mass is 398 g/mol. The lowest BCUT2D eigenvalue weighted by molar-refractivity contribution is 0.0934. The quantitative estimate of drug-likeness (QED) is 0.563. The van der Waals surface area contributed by atoms with Crippen molar-refractivity contribution in [3.8, 4) is 11.5 Å². The molecule has 9 nitrogen and oxygen atoms in total. The van der Waals surface area contributed by atoms with E-state index in [9.17, 15) is 9.59 Å². The van der Waals surface area contributed by atoms with Gasteiger partial charge in [-0.2, -0.15) is 0 Å². The Balaban J connectivity index is 1.94. The molecular formula is C20H22N4O5. The van der Waals surface area contributed by atoms with Gasteiger partial charge < -0.3 is 24.8 Å². The number of carbonyl (C=O) groups excluding carboxylic acids is 2. The zero-order valence-electron chi connectivity index (χ0n) is 16.4. The van der Waals surface area contributed by atoms with Gasteiger partial charge in [-0.25, -0.2) is 4.98 Å². The highest BCUT2D eigenvalue weighted by molar-refractivity contribution is 6.06. The molecule has 0 aliphatic rings. The highest BCUT2D eigenvalue weighted by Gasteiger charge is 2.22. The van der Waals surface area contributed by atoms with Crippen LogP contribution in [0, 0.1) is 0 Å². The number of imidazole rings is 1. The van der Waals surface area contributed by atoms with Crippen LogP contribution >= 0.6 is 0 Å². The molecule has 0 aliphatic carbocycles. The molecule has 0 atom stereocenters. The van der Waals surface area contributed by atoms with Crippen molar-refractivity contribution in [2.24, 2.45) is 0 Å². The van der Waals surface area contributed by atoms with Crippen molar-refractivity contribution in [1.29, 1.82) is 0 Å². The van der Waals surface area contributed by atoms with Gasteiger partial charge in [-0.3, -0.25) is 14.0 Å². The summed E-state index contributed by atoms with van der Waals surface area (Å²) in [4.78, 5) is 29.7. The topological polar surface area (TPSA) is 103 Å². The number of nitrogens with zero attached hydrogens (tertiary/aromatic N) is 2. The van der Waals surface area contributed by atoms with Gasteiger partial charge in [0.05, 0.1) is 32.0 Å². The standard InChI is InChI=1S/C20H22N4O5/c1-27-11-9-21-19(25)17-15-6-4-5-10-24(15)18(23-17)20(26)22-14-12-13(28-2)7-8-16(14)29-3/h4-8,10,12H,9,11H2,1-3H3,(H,21,25)(H,22,26). The number of pyridine rings is 1. The molecule has 0 saturated heterocycles. The first-order valence-corrected chi connectivity index (χ1v) is 8.86. The molecule has 3 rings (SSSR count). The molecule has 0 bridgehead atoms. The lowest BCUT2D eigenvalue weighted by atomic mass is 10.2. The smallest absolute Gasteiger partial charge is 0.292 e. The molecule has 0 aliphatic heterocycles. The Kier molecular flexibility index (Phi) is 6.30. The summed E-state index contributed by atoms with van der Waals surface area (Å²) < 4.78 is 17.0. The van der Waals surface area contributed by atoms with Gasteiger partial charge in [0.2, 0.25) is 5.82 Å². The molecule has 2 N–H and O–H groups in total. The van der Waals surface area contributed by atoms with Crippen molar-refractivity contribution in [2.45, 2.75) is 0 Å². The molecular weight excluding hydrogens is 376 g/mol. The third kappa shape index (κ3) is 4.30. The molecule has 0 spiro atoms. The van der Waals surface area contributed by atoms with Crippen LogP contribution in [0.3, 0.4) is 0 Å². The molecule has 9 heteroatoms. The van der Waals surface area contributed by atoms with Crippen LogP contribution in [-0.2, 0) is 4.74 Å². The van der Waals surface area contributed by atoms with Crippen molar-refractivity contribution in [2.75, 3.05) is 39.8 Å². The first-order valence-electron chi connectivity index (χ1n) is 8.86. The van der Waals surface area contributed by atoms with Gasteiger partial charge in [0.1, 0.15) is 11.5 Å². The summed E-state index contributed by atoms with van der Waals surface area (Å²) in [5.74, 6) is 0.227. The lowest BCUT2D eigenvalue weighted by Gasteiger charge is -2.11. The summed E-state index contributed by atoms with van der Waals surface area (Å²) in [5, 5.41) is 5.49. The predicted molar refractivity (Wildman–Crippen MR) is 107 cm³/mol. The molecule has 0 saturated carbocycles. The van der Waals surface area contributed by atoms with Gasteiger partial charge in [-0.15, -0.1) is 0 Å². The van der Waals surface area contributed by atoms with Gasteiger partial charge in [-0.1, -0.05) is 6.07 Å². The number of amides is 2. The second-order valence-electron chi connectivity index (χ2n) is 6.01. The van der Waals surface area contributed by atoms with Gasteiger partial charge >= 0.3 is 0 Å². The molecule has 3 aromatic rings. The third-order valence-electron chi connectivity index (χ3n) is 4.21. The van der Waals surface area contributed by atoms with E-state index in [2.05, 4.69) is 15.6 Å². The van der Waals surface area contributed by atoms with E-state index in [-0.39, 0.29) is 17.4 Å². The predicted octanol–water partition coefficient (Wildman–Crippen LogP) is 1.98. The Morgan fingerprint density at radius 2 is 1.90 bits per heavy atom. The Labute approximate surface area is 167 Å². The summed E-state index contributed by atoms with van der Waals surface area (Å²) in [6, 6.07) is 10.3. The summed E-state index contributed by atoms with van der Waals surface area (Å²) in [6.45, 7) is 0.713. The summed E-state index contributed by atoms with van der Waals surface area (Å²) in [5.41, 5.74) is 1.10. The number of fused-ring (bicyclic) bond motifs is 1. The van der Waals surface area contributed by atoms with Crippen LogP contribution in [0.2, 0.25) is 0 Å². The Hall–Kier alpha value is -3.59. The number of hydrogen-bond acceptors (Lipinski definition) is 6. The minimum Gasteiger partial charge on any atom is -0.497 e. The van der Waals surface area contributed by atoms with Crippen molar-refractivity contribution in [3.05, 3.63) is 54.1 Å². The van der Waals surface area contributed by atoms with Crippen LogP contribution in [-0.4, -0.2) is 55.7 Å². The number of hydrogen-bond donors (Lipinski definition) is 2. The zero-order valence-corrected chi connectivity index (χ0v) is 16.4. The molecule has 0 fully saturated rings. The molecule has 2 aromatic heterocycles. The molecule has 1 aromatic carbocycles. The second kappa shape index (κ2) is 9.07. The molecule has 152 valence electrons. The van der Waals surface area contributed by atoms with Crippen LogP contribution in [0.4, 0.5) is 5.69 Å². The molecule has 29 heavy (non-hydrogen) atoms. The maximum absolute atomic E-state index is 12.9. The van der Waals surface area contributed by atoms with Crippen molar-refractivity contribution in [1.82, 2.24) is 14.7 Å². The third-order valence-corrected chi connectivity index (χ3v) is 4.21. The van der Waals surface area contributed by atoms with Gasteiger partial charge in [-0.05, 0) is 24.3 Å². The average molecular weight is 398 g/mol. The Morgan fingerprint density at radius 1 is 1.07 bits per heavy atom. The average Bonchev–Trinajstić information content (AvgIpc) is 3.13. The number of ether oxygens (including phenoxy) is 3. The number of methoxy groups -OCH3 is 3. The fraction of sp³-hybridized carbons (Fsp3) is 0.250. The van der Waals surface area contributed by atoms with E-state index >= 15 is 0 Å². The van der Waals surface area contributed by atoms with E-state index in [1.807, 2.05) is 0 Å². The lowest BCUT2D eigenvalue weighted by Crippen LogP contribution is -2.27. The highest BCUT2D eigenvalue weighted by Crippen LogP contribution is 2.29.